The SMILES string of the molecule is Cc1cc(-c2ncnn3cc(-c4ccc(CN5CCC(c6ccc(NC7CCC(=O)NC7=O)cc6)CC5)cc4)cc23)ccc1CNC(=O)c1nc(C(C)(C)C)no1. The molecule has 2 saturated heterocycles. The summed E-state index contributed by atoms with van der Waals surface area (Å²) in [5.74, 6) is 0.0837. The standard InChI is InChI=1S/C44H47N9O4/c1-27-21-32(9-10-33(27)23-45-41(56)42-50-43(51-57-42)44(2,3)4)39-37-22-34(25-53(37)47-26-46-39)30-7-5-28(6-8-30)24-52-19-17-31(18-20-52)29-11-13-35(14-12-29)48-36-15-16-38(54)49-40(36)55/h5-14,21-22,25-26,31,36,48H,15-20,23-24H2,1-4H3,(H,45,56)(H,49,54,55). The molecule has 13 nitrogen and oxygen atoms in total. The highest BCUT2D eigenvalue weighted by Gasteiger charge is 2.27. The van der Waals surface area contributed by atoms with Crippen molar-refractivity contribution in [3.05, 3.63) is 119 Å². The first-order valence-corrected chi connectivity index (χ1v) is 19.5. The zero-order valence-electron chi connectivity index (χ0n) is 32.7. The molecule has 13 heteroatoms. The van der Waals surface area contributed by atoms with Crippen molar-refractivity contribution in [1.82, 2.24) is 40.3 Å². The van der Waals surface area contributed by atoms with Crippen LogP contribution in [0.2, 0.25) is 0 Å². The maximum absolute atomic E-state index is 12.7. The number of nitrogens with zero attached hydrogens (tertiary/aromatic N) is 6. The number of hydrogen-bond donors (Lipinski definition) is 3. The van der Waals surface area contributed by atoms with E-state index in [0.717, 1.165) is 77.2 Å². The first-order valence-electron chi connectivity index (χ1n) is 19.5. The number of rotatable bonds is 10. The second-order valence-electron chi connectivity index (χ2n) is 16.2. The molecule has 0 bridgehead atoms. The molecule has 0 aliphatic carbocycles. The van der Waals surface area contributed by atoms with Crippen LogP contribution in [0.25, 0.3) is 27.9 Å². The van der Waals surface area contributed by atoms with Crippen LogP contribution in [0.1, 0.15) is 91.1 Å². The van der Waals surface area contributed by atoms with Crippen LogP contribution < -0.4 is 16.0 Å². The van der Waals surface area contributed by atoms with Gasteiger partial charge in [-0.2, -0.15) is 10.1 Å². The molecule has 57 heavy (non-hydrogen) atoms. The van der Waals surface area contributed by atoms with Crippen LogP contribution in [-0.4, -0.2) is 66.5 Å². The monoisotopic (exact) mass is 765 g/mol. The molecule has 3 aromatic heterocycles. The molecule has 6 aromatic rings. The van der Waals surface area contributed by atoms with Gasteiger partial charge in [0.2, 0.25) is 11.8 Å². The van der Waals surface area contributed by atoms with Crippen LogP contribution in [0.15, 0.2) is 89.8 Å². The van der Waals surface area contributed by atoms with Crippen LogP contribution in [0.4, 0.5) is 5.69 Å². The lowest BCUT2D eigenvalue weighted by Gasteiger charge is -2.32. The summed E-state index contributed by atoms with van der Waals surface area (Å²) in [6, 6.07) is 25.1. The normalized spacial score (nSPS) is 16.8. The Hall–Kier alpha value is -6.21. The van der Waals surface area contributed by atoms with Crippen LogP contribution in [-0.2, 0) is 28.1 Å². The number of amides is 3. The molecule has 1 atom stereocenters. The van der Waals surface area contributed by atoms with Crippen LogP contribution in [0.3, 0.4) is 0 Å². The molecule has 2 aliphatic rings. The number of piperidine rings is 2. The molecule has 1 unspecified atom stereocenters. The van der Waals surface area contributed by atoms with Crippen molar-refractivity contribution in [3.8, 4) is 22.4 Å². The van der Waals surface area contributed by atoms with Gasteiger partial charge in [0.25, 0.3) is 0 Å². The van der Waals surface area contributed by atoms with E-state index in [-0.39, 0.29) is 29.2 Å². The van der Waals surface area contributed by atoms with Crippen molar-refractivity contribution in [1.29, 1.82) is 0 Å². The van der Waals surface area contributed by atoms with E-state index in [4.69, 9.17) is 4.52 Å². The Labute approximate surface area is 331 Å². The number of imide groups is 1. The predicted octanol–water partition coefficient (Wildman–Crippen LogP) is 6.58. The second-order valence-corrected chi connectivity index (χ2v) is 16.2. The first-order chi connectivity index (χ1) is 27.5. The smallest absolute Gasteiger partial charge is 0.315 e. The first kappa shape index (κ1) is 37.7. The van der Waals surface area contributed by atoms with Gasteiger partial charge < -0.3 is 15.2 Å². The summed E-state index contributed by atoms with van der Waals surface area (Å²) in [6.07, 6.45) is 6.68. The summed E-state index contributed by atoms with van der Waals surface area (Å²) in [5, 5.41) is 17.0. The number of nitrogens with one attached hydrogen (secondary N) is 3. The van der Waals surface area contributed by atoms with Gasteiger partial charge in [0.15, 0.2) is 5.82 Å². The highest BCUT2D eigenvalue weighted by Crippen LogP contribution is 2.32. The lowest BCUT2D eigenvalue weighted by molar-refractivity contribution is -0.133. The third-order valence-corrected chi connectivity index (χ3v) is 11.0. The topological polar surface area (TPSA) is 160 Å². The number of carbonyl (C=O) groups is 3. The summed E-state index contributed by atoms with van der Waals surface area (Å²) in [7, 11) is 0. The zero-order chi connectivity index (χ0) is 39.7. The molecule has 5 heterocycles. The Morgan fingerprint density at radius 1 is 0.930 bits per heavy atom. The minimum absolute atomic E-state index is 0.0447. The minimum Gasteiger partial charge on any atom is -0.374 e. The van der Waals surface area contributed by atoms with Gasteiger partial charge in [-0.1, -0.05) is 74.5 Å². The number of hydrogen-bond acceptors (Lipinski definition) is 10. The molecular formula is C44H47N9O4. The van der Waals surface area contributed by atoms with Crippen LogP contribution in [0.5, 0.6) is 0 Å². The van der Waals surface area contributed by atoms with E-state index in [1.54, 1.807) is 6.33 Å². The van der Waals surface area contributed by atoms with E-state index in [9.17, 15) is 14.4 Å². The van der Waals surface area contributed by atoms with E-state index < -0.39 is 5.91 Å². The molecular weight excluding hydrogens is 719 g/mol. The third-order valence-electron chi connectivity index (χ3n) is 11.0. The predicted molar refractivity (Wildman–Crippen MR) is 216 cm³/mol. The number of aryl methyl sites for hydroxylation is 1. The zero-order valence-corrected chi connectivity index (χ0v) is 32.7. The Morgan fingerprint density at radius 2 is 1.68 bits per heavy atom. The molecule has 0 spiro atoms. The number of likely N-dealkylation sites (tertiary alicyclic amines) is 1. The van der Waals surface area contributed by atoms with Crippen molar-refractivity contribution in [2.24, 2.45) is 0 Å². The Balaban J connectivity index is 0.858. The van der Waals surface area contributed by atoms with E-state index in [1.165, 1.54) is 11.1 Å². The van der Waals surface area contributed by atoms with E-state index in [0.29, 0.717) is 31.1 Å². The van der Waals surface area contributed by atoms with Crippen molar-refractivity contribution in [3.63, 3.8) is 0 Å². The molecule has 2 fully saturated rings. The average Bonchev–Trinajstić information content (AvgIpc) is 3.89. The highest BCUT2D eigenvalue weighted by molar-refractivity contribution is 6.01. The summed E-state index contributed by atoms with van der Waals surface area (Å²) in [4.78, 5) is 47.7. The van der Waals surface area contributed by atoms with Crippen LogP contribution in [0, 0.1) is 6.92 Å². The van der Waals surface area contributed by atoms with E-state index >= 15 is 0 Å². The molecule has 8 rings (SSSR count). The molecule has 292 valence electrons. The van der Waals surface area contributed by atoms with Gasteiger partial charge in [-0.05, 0) is 97.3 Å². The number of aromatic nitrogens is 5. The number of carbonyl (C=O) groups excluding carboxylic acids is 3. The van der Waals surface area contributed by atoms with Crippen molar-refractivity contribution < 1.29 is 18.9 Å². The molecule has 3 N–H and O–H groups in total. The Kier molecular flexibility index (Phi) is 10.4. The molecule has 0 saturated carbocycles. The van der Waals surface area contributed by atoms with Gasteiger partial charge in [0.1, 0.15) is 12.4 Å². The summed E-state index contributed by atoms with van der Waals surface area (Å²) in [5.41, 5.74) is 10.1. The highest BCUT2D eigenvalue weighted by atomic mass is 16.5. The fraction of sp³-hybridized carbons (Fsp3) is 0.341. The lowest BCUT2D eigenvalue weighted by atomic mass is 9.89. The second kappa shape index (κ2) is 15.7. The summed E-state index contributed by atoms with van der Waals surface area (Å²) < 4.78 is 7.06. The van der Waals surface area contributed by atoms with Gasteiger partial charge in [0, 0.05) is 47.9 Å². The number of benzene rings is 3. The van der Waals surface area contributed by atoms with Crippen molar-refractivity contribution >= 4 is 28.9 Å². The minimum atomic E-state index is -0.406. The Bertz CT molecular complexity index is 2420. The summed E-state index contributed by atoms with van der Waals surface area (Å²) >= 11 is 0. The number of fused-ring (bicyclic) bond motifs is 1. The lowest BCUT2D eigenvalue weighted by Crippen LogP contribution is -2.47. The van der Waals surface area contributed by atoms with Gasteiger partial charge in [0.05, 0.1) is 11.2 Å². The largest absolute Gasteiger partial charge is 0.374 e. The number of anilines is 1. The molecule has 3 amide bonds. The van der Waals surface area contributed by atoms with Crippen molar-refractivity contribution in [2.75, 3.05) is 18.4 Å². The van der Waals surface area contributed by atoms with Crippen LogP contribution >= 0.6 is 0 Å². The van der Waals surface area contributed by atoms with Gasteiger partial charge in [-0.15, -0.1) is 0 Å². The molecule has 3 aromatic carbocycles. The van der Waals surface area contributed by atoms with E-state index in [2.05, 4.69) is 89.6 Å². The van der Waals surface area contributed by atoms with E-state index in [1.807, 2.05) is 62.7 Å². The maximum Gasteiger partial charge on any atom is 0.315 e. The van der Waals surface area contributed by atoms with Crippen molar-refractivity contribution in [2.45, 2.75) is 83.8 Å². The maximum atomic E-state index is 12.7. The average molecular weight is 766 g/mol. The quantitative estimate of drug-likeness (QED) is 0.130. The molecule has 0 radical (unpaired) electrons. The molecule has 2 aliphatic heterocycles. The fourth-order valence-electron chi connectivity index (χ4n) is 7.59. The summed E-state index contributed by atoms with van der Waals surface area (Å²) in [6.45, 7) is 11.2. The third kappa shape index (κ3) is 8.48. The van der Waals surface area contributed by atoms with Gasteiger partial charge in [-0.25, -0.2) is 9.50 Å². The Morgan fingerprint density at radius 3 is 2.39 bits per heavy atom. The van der Waals surface area contributed by atoms with Gasteiger partial charge in [-0.3, -0.25) is 24.6 Å². The van der Waals surface area contributed by atoms with Gasteiger partial charge >= 0.3 is 11.8 Å². The fourth-order valence-corrected chi connectivity index (χ4v) is 7.59.